The summed E-state index contributed by atoms with van der Waals surface area (Å²) in [5, 5.41) is 0. The number of hydrogen-bond donors (Lipinski definition) is 1. The van der Waals surface area contributed by atoms with Gasteiger partial charge in [0.2, 0.25) is 5.91 Å². The van der Waals surface area contributed by atoms with Crippen molar-refractivity contribution in [3.63, 3.8) is 0 Å². The van der Waals surface area contributed by atoms with Gasteiger partial charge in [-0.15, -0.1) is 0 Å². The molecule has 0 fully saturated rings. The molecule has 0 bridgehead atoms. The lowest BCUT2D eigenvalue weighted by atomic mass is 9.84. The van der Waals surface area contributed by atoms with Crippen molar-refractivity contribution in [1.29, 1.82) is 0 Å². The Morgan fingerprint density at radius 1 is 1.40 bits per heavy atom. The fourth-order valence-corrected chi connectivity index (χ4v) is 1.84. The maximum atomic E-state index is 11.4. The van der Waals surface area contributed by atoms with Gasteiger partial charge in [-0.3, -0.25) is 9.59 Å². The van der Waals surface area contributed by atoms with Crippen molar-refractivity contribution in [1.82, 2.24) is 0 Å². The minimum Gasteiger partial charge on any atom is -0.426 e. The summed E-state index contributed by atoms with van der Waals surface area (Å²) in [5.74, 6) is -1.56. The first kappa shape index (κ1) is 9.71. The number of primary amides is 1. The Kier molecular flexibility index (Phi) is 2.19. The lowest BCUT2D eigenvalue weighted by Gasteiger charge is -2.27. The summed E-state index contributed by atoms with van der Waals surface area (Å²) in [6, 6.07) is 6.96. The van der Waals surface area contributed by atoms with Crippen LogP contribution in [0.15, 0.2) is 24.3 Å². The standard InChI is InChI=1S/C11H11NO3/c1-6-9(10(12)13)7-4-2-3-5-8(7)15-11(6)14/h2-6,9H,1H3,(H2,12,13). The van der Waals surface area contributed by atoms with Gasteiger partial charge in [-0.25, -0.2) is 0 Å². The van der Waals surface area contributed by atoms with Crippen molar-refractivity contribution in [3.05, 3.63) is 29.8 Å². The van der Waals surface area contributed by atoms with Gasteiger partial charge in [0.15, 0.2) is 0 Å². The molecule has 78 valence electrons. The van der Waals surface area contributed by atoms with E-state index >= 15 is 0 Å². The molecule has 0 saturated heterocycles. The van der Waals surface area contributed by atoms with Crippen LogP contribution in [-0.2, 0) is 9.59 Å². The van der Waals surface area contributed by atoms with Gasteiger partial charge in [-0.05, 0) is 6.07 Å². The zero-order valence-corrected chi connectivity index (χ0v) is 8.27. The molecule has 0 aromatic heterocycles. The van der Waals surface area contributed by atoms with Gasteiger partial charge in [0, 0.05) is 5.56 Å². The van der Waals surface area contributed by atoms with Crippen LogP contribution < -0.4 is 10.5 Å². The van der Waals surface area contributed by atoms with Gasteiger partial charge in [0.05, 0.1) is 11.8 Å². The lowest BCUT2D eigenvalue weighted by molar-refractivity contribution is -0.143. The summed E-state index contributed by atoms with van der Waals surface area (Å²) in [4.78, 5) is 22.7. The highest BCUT2D eigenvalue weighted by atomic mass is 16.5. The third-order valence-corrected chi connectivity index (χ3v) is 2.64. The number of fused-ring (bicyclic) bond motifs is 1. The first-order chi connectivity index (χ1) is 7.11. The summed E-state index contributed by atoms with van der Waals surface area (Å²) in [7, 11) is 0. The minimum absolute atomic E-state index is 0.405. The largest absolute Gasteiger partial charge is 0.426 e. The Morgan fingerprint density at radius 3 is 2.73 bits per heavy atom. The molecule has 15 heavy (non-hydrogen) atoms. The average Bonchev–Trinajstić information content (AvgIpc) is 2.19. The van der Waals surface area contributed by atoms with Crippen LogP contribution in [0.3, 0.4) is 0 Å². The number of carbonyl (C=O) groups excluding carboxylic acids is 2. The number of hydrogen-bond acceptors (Lipinski definition) is 3. The molecule has 1 heterocycles. The zero-order chi connectivity index (χ0) is 11.0. The molecular formula is C11H11NO3. The second kappa shape index (κ2) is 3.38. The number of carbonyl (C=O) groups is 2. The topological polar surface area (TPSA) is 69.4 Å². The van der Waals surface area contributed by atoms with Gasteiger partial charge in [-0.1, -0.05) is 25.1 Å². The Hall–Kier alpha value is -1.84. The van der Waals surface area contributed by atoms with E-state index in [1.165, 1.54) is 0 Å². The normalized spacial score (nSPS) is 24.2. The first-order valence-corrected chi connectivity index (χ1v) is 4.71. The molecule has 1 amide bonds. The molecule has 1 aliphatic rings. The SMILES string of the molecule is CC1C(=O)Oc2ccccc2C1C(N)=O. The minimum atomic E-state index is -0.581. The summed E-state index contributed by atoms with van der Waals surface area (Å²) in [6.45, 7) is 1.65. The number of esters is 1. The third kappa shape index (κ3) is 1.48. The molecule has 0 radical (unpaired) electrons. The first-order valence-electron chi connectivity index (χ1n) is 4.71. The molecular weight excluding hydrogens is 194 g/mol. The van der Waals surface area contributed by atoms with Crippen LogP contribution in [-0.4, -0.2) is 11.9 Å². The fourth-order valence-electron chi connectivity index (χ4n) is 1.84. The molecule has 0 saturated carbocycles. The predicted molar refractivity (Wildman–Crippen MR) is 53.2 cm³/mol. The van der Waals surface area contributed by atoms with Crippen LogP contribution in [0.25, 0.3) is 0 Å². The van der Waals surface area contributed by atoms with Gasteiger partial charge in [-0.2, -0.15) is 0 Å². The number of amides is 1. The summed E-state index contributed by atoms with van der Waals surface area (Å²) in [6.07, 6.45) is 0. The van der Waals surface area contributed by atoms with E-state index < -0.39 is 23.7 Å². The Balaban J connectivity index is 2.54. The number of nitrogens with two attached hydrogens (primary N) is 1. The highest BCUT2D eigenvalue weighted by Crippen LogP contribution is 2.36. The van der Waals surface area contributed by atoms with Crippen molar-refractivity contribution >= 4 is 11.9 Å². The Bertz CT molecular complexity index is 428. The van der Waals surface area contributed by atoms with Crippen LogP contribution in [0.2, 0.25) is 0 Å². The highest BCUT2D eigenvalue weighted by molar-refractivity contribution is 5.92. The molecule has 4 nitrogen and oxygen atoms in total. The maximum Gasteiger partial charge on any atom is 0.315 e. The molecule has 1 aliphatic heterocycles. The van der Waals surface area contributed by atoms with E-state index in [1.54, 1.807) is 31.2 Å². The molecule has 1 aromatic carbocycles. The second-order valence-corrected chi connectivity index (χ2v) is 3.63. The van der Waals surface area contributed by atoms with E-state index in [9.17, 15) is 9.59 Å². The third-order valence-electron chi connectivity index (χ3n) is 2.64. The van der Waals surface area contributed by atoms with Crippen molar-refractivity contribution in [3.8, 4) is 5.75 Å². The van der Waals surface area contributed by atoms with Crippen molar-refractivity contribution in [2.45, 2.75) is 12.8 Å². The summed E-state index contributed by atoms with van der Waals surface area (Å²) in [5.41, 5.74) is 5.98. The molecule has 2 atom stereocenters. The van der Waals surface area contributed by atoms with Crippen LogP contribution in [0.5, 0.6) is 5.75 Å². The van der Waals surface area contributed by atoms with E-state index in [2.05, 4.69) is 0 Å². The predicted octanol–water partition coefficient (Wildman–Crippen LogP) is 0.811. The van der Waals surface area contributed by atoms with Crippen LogP contribution in [0.4, 0.5) is 0 Å². The molecule has 2 N–H and O–H groups in total. The Morgan fingerprint density at radius 2 is 2.07 bits per heavy atom. The molecule has 0 aliphatic carbocycles. The van der Waals surface area contributed by atoms with E-state index in [0.29, 0.717) is 11.3 Å². The van der Waals surface area contributed by atoms with Gasteiger partial charge in [0.1, 0.15) is 5.75 Å². The van der Waals surface area contributed by atoms with Crippen molar-refractivity contribution in [2.24, 2.45) is 11.7 Å². The lowest BCUT2D eigenvalue weighted by Crippen LogP contribution is -2.36. The van der Waals surface area contributed by atoms with Crippen molar-refractivity contribution < 1.29 is 14.3 Å². The monoisotopic (exact) mass is 205 g/mol. The molecule has 1 aromatic rings. The van der Waals surface area contributed by atoms with Crippen molar-refractivity contribution in [2.75, 3.05) is 0 Å². The van der Waals surface area contributed by atoms with E-state index in [4.69, 9.17) is 10.5 Å². The molecule has 2 rings (SSSR count). The molecule has 0 spiro atoms. The average molecular weight is 205 g/mol. The number of benzene rings is 1. The van der Waals surface area contributed by atoms with Crippen LogP contribution in [0.1, 0.15) is 18.4 Å². The van der Waals surface area contributed by atoms with Crippen LogP contribution in [0, 0.1) is 5.92 Å². The molecule has 2 unspecified atom stereocenters. The highest BCUT2D eigenvalue weighted by Gasteiger charge is 2.37. The fraction of sp³-hybridized carbons (Fsp3) is 0.273. The van der Waals surface area contributed by atoms with Gasteiger partial charge < -0.3 is 10.5 Å². The summed E-state index contributed by atoms with van der Waals surface area (Å²) >= 11 is 0. The van der Waals surface area contributed by atoms with E-state index in [0.717, 1.165) is 0 Å². The number of ether oxygens (including phenoxy) is 1. The van der Waals surface area contributed by atoms with E-state index in [1.807, 2.05) is 0 Å². The molecule has 4 heteroatoms. The summed E-state index contributed by atoms with van der Waals surface area (Å²) < 4.78 is 5.08. The maximum absolute atomic E-state index is 11.4. The Labute approximate surface area is 87.0 Å². The zero-order valence-electron chi connectivity index (χ0n) is 8.27. The number of para-hydroxylation sites is 1. The van der Waals surface area contributed by atoms with Gasteiger partial charge in [0.25, 0.3) is 0 Å². The van der Waals surface area contributed by atoms with E-state index in [-0.39, 0.29) is 0 Å². The van der Waals surface area contributed by atoms with Crippen LogP contribution >= 0.6 is 0 Å². The van der Waals surface area contributed by atoms with Gasteiger partial charge >= 0.3 is 5.97 Å². The second-order valence-electron chi connectivity index (χ2n) is 3.63. The quantitative estimate of drug-likeness (QED) is 0.545. The smallest absolute Gasteiger partial charge is 0.315 e. The number of rotatable bonds is 1.